The number of nitrogens with zero attached hydrogens (tertiary/aromatic N) is 2. The zero-order chi connectivity index (χ0) is 13.5. The molecule has 0 fully saturated rings. The van der Waals surface area contributed by atoms with E-state index in [1.54, 1.807) is 6.07 Å². The molecule has 2 rings (SSSR count). The quantitative estimate of drug-likeness (QED) is 0.386. The Balaban J connectivity index is 0.000000180. The molecule has 18 heavy (non-hydrogen) atoms. The van der Waals surface area contributed by atoms with Crippen molar-refractivity contribution in [1.82, 2.24) is 9.97 Å². The molecular formula is C10H12BFN4O2. The van der Waals surface area contributed by atoms with Crippen LogP contribution in [-0.2, 0) is 0 Å². The summed E-state index contributed by atoms with van der Waals surface area (Å²) in [4.78, 5) is 7.16. The number of benzene rings is 1. The van der Waals surface area contributed by atoms with Crippen LogP contribution in [0.2, 0.25) is 0 Å². The fraction of sp³-hybridized carbons (Fsp3) is 0. The monoisotopic (exact) mass is 250 g/mol. The molecule has 0 saturated heterocycles. The van der Waals surface area contributed by atoms with Gasteiger partial charge in [0.05, 0.1) is 17.0 Å². The SMILES string of the molecule is Nc1cccc(F)c1N.OB(O)c1ccncn1. The van der Waals surface area contributed by atoms with Crippen molar-refractivity contribution in [3.05, 3.63) is 42.6 Å². The lowest BCUT2D eigenvalue weighted by atomic mass is 9.86. The van der Waals surface area contributed by atoms with Crippen molar-refractivity contribution in [2.24, 2.45) is 0 Å². The summed E-state index contributed by atoms with van der Waals surface area (Å²) in [5, 5.41) is 17.0. The van der Waals surface area contributed by atoms with E-state index in [0.29, 0.717) is 0 Å². The predicted octanol–water partition coefficient (Wildman–Crippen LogP) is -0.854. The molecule has 0 unspecified atom stereocenters. The van der Waals surface area contributed by atoms with E-state index >= 15 is 0 Å². The minimum Gasteiger partial charge on any atom is -0.422 e. The van der Waals surface area contributed by atoms with Crippen molar-refractivity contribution in [2.75, 3.05) is 11.5 Å². The number of anilines is 2. The lowest BCUT2D eigenvalue weighted by Gasteiger charge is -1.97. The van der Waals surface area contributed by atoms with Gasteiger partial charge >= 0.3 is 7.12 Å². The minimum atomic E-state index is -1.49. The minimum absolute atomic E-state index is 0.0255. The first-order valence-corrected chi connectivity index (χ1v) is 4.94. The summed E-state index contributed by atoms with van der Waals surface area (Å²) in [5.74, 6) is -0.463. The summed E-state index contributed by atoms with van der Waals surface area (Å²) in [6.07, 6.45) is 2.70. The first-order valence-electron chi connectivity index (χ1n) is 4.94. The average Bonchev–Trinajstić information content (AvgIpc) is 2.38. The van der Waals surface area contributed by atoms with Crippen LogP contribution in [0.15, 0.2) is 36.8 Å². The van der Waals surface area contributed by atoms with E-state index in [1.807, 2.05) is 0 Å². The van der Waals surface area contributed by atoms with Gasteiger partial charge in [0.2, 0.25) is 0 Å². The van der Waals surface area contributed by atoms with Crippen LogP contribution in [0.4, 0.5) is 15.8 Å². The van der Waals surface area contributed by atoms with E-state index in [1.165, 1.54) is 30.7 Å². The molecule has 0 bridgehead atoms. The first kappa shape index (κ1) is 13.9. The molecule has 2 aromatic rings. The highest BCUT2D eigenvalue weighted by atomic mass is 19.1. The number of rotatable bonds is 1. The molecule has 8 heteroatoms. The van der Waals surface area contributed by atoms with Gasteiger partial charge in [-0.1, -0.05) is 6.07 Å². The maximum atomic E-state index is 12.4. The molecule has 0 aliphatic carbocycles. The Morgan fingerprint density at radius 1 is 1.17 bits per heavy atom. The topological polar surface area (TPSA) is 118 Å². The predicted molar refractivity (Wildman–Crippen MR) is 67.1 cm³/mol. The van der Waals surface area contributed by atoms with E-state index in [9.17, 15) is 4.39 Å². The highest BCUT2D eigenvalue weighted by Gasteiger charge is 2.10. The number of aromatic nitrogens is 2. The van der Waals surface area contributed by atoms with Crippen LogP contribution in [0.25, 0.3) is 0 Å². The van der Waals surface area contributed by atoms with E-state index in [4.69, 9.17) is 21.5 Å². The number of para-hydroxylation sites is 1. The third kappa shape index (κ3) is 4.00. The molecule has 6 N–H and O–H groups in total. The Bertz CT molecular complexity index is 478. The van der Waals surface area contributed by atoms with Crippen molar-refractivity contribution in [3.8, 4) is 0 Å². The van der Waals surface area contributed by atoms with Crippen molar-refractivity contribution < 1.29 is 14.4 Å². The molecule has 0 spiro atoms. The van der Waals surface area contributed by atoms with Gasteiger partial charge in [-0.05, 0) is 18.2 Å². The van der Waals surface area contributed by atoms with Gasteiger partial charge in [-0.25, -0.2) is 14.4 Å². The molecule has 1 aromatic heterocycles. The fourth-order valence-corrected chi connectivity index (χ4v) is 1.01. The lowest BCUT2D eigenvalue weighted by molar-refractivity contribution is 0.424. The van der Waals surface area contributed by atoms with E-state index in [2.05, 4.69) is 9.97 Å². The number of nitrogen functional groups attached to an aromatic ring is 2. The van der Waals surface area contributed by atoms with Crippen LogP contribution in [0.1, 0.15) is 0 Å². The normalized spacial score (nSPS) is 9.28. The molecule has 1 aromatic carbocycles. The fourth-order valence-electron chi connectivity index (χ4n) is 1.01. The van der Waals surface area contributed by atoms with Gasteiger partial charge in [0.25, 0.3) is 0 Å². The van der Waals surface area contributed by atoms with Crippen LogP contribution in [0, 0.1) is 5.82 Å². The number of nitrogens with two attached hydrogens (primary N) is 2. The van der Waals surface area contributed by atoms with Crippen LogP contribution < -0.4 is 17.1 Å². The Morgan fingerprint density at radius 2 is 1.89 bits per heavy atom. The molecular weight excluding hydrogens is 238 g/mol. The maximum absolute atomic E-state index is 12.4. The number of hydrogen-bond acceptors (Lipinski definition) is 6. The first-order chi connectivity index (χ1) is 8.52. The molecule has 0 aliphatic rings. The smallest absolute Gasteiger partial charge is 0.422 e. The molecule has 0 atom stereocenters. The standard InChI is InChI=1S/C6H7FN2.C4H5BN2O2/c7-4-2-1-3-5(8)6(4)9;8-5(9)4-1-2-6-3-7-4/h1-3H,8-9H2;1-3,8-9H. The van der Waals surface area contributed by atoms with Gasteiger partial charge in [-0.15, -0.1) is 0 Å². The van der Waals surface area contributed by atoms with E-state index < -0.39 is 12.9 Å². The Kier molecular flexibility index (Phi) is 5.03. The third-order valence-corrected chi connectivity index (χ3v) is 1.96. The second-order valence-corrected chi connectivity index (χ2v) is 3.25. The van der Waals surface area contributed by atoms with Crippen molar-refractivity contribution in [3.63, 3.8) is 0 Å². The van der Waals surface area contributed by atoms with Crippen molar-refractivity contribution in [2.45, 2.75) is 0 Å². The van der Waals surface area contributed by atoms with E-state index in [-0.39, 0.29) is 17.0 Å². The molecule has 94 valence electrons. The van der Waals surface area contributed by atoms with Gasteiger partial charge in [0.15, 0.2) is 0 Å². The molecule has 6 nitrogen and oxygen atoms in total. The highest BCUT2D eigenvalue weighted by Crippen LogP contribution is 2.16. The van der Waals surface area contributed by atoms with Crippen LogP contribution in [0.5, 0.6) is 0 Å². The van der Waals surface area contributed by atoms with Crippen molar-refractivity contribution >= 4 is 24.1 Å². The summed E-state index contributed by atoms with van der Waals surface area (Å²) < 4.78 is 12.4. The van der Waals surface area contributed by atoms with Crippen LogP contribution in [-0.4, -0.2) is 27.1 Å². The highest BCUT2D eigenvalue weighted by molar-refractivity contribution is 6.57. The summed E-state index contributed by atoms with van der Waals surface area (Å²) in [6.45, 7) is 0. The molecule has 0 radical (unpaired) electrons. The van der Waals surface area contributed by atoms with Crippen LogP contribution in [0.3, 0.4) is 0 Å². The van der Waals surface area contributed by atoms with Gasteiger partial charge in [-0.2, -0.15) is 0 Å². The van der Waals surface area contributed by atoms with Gasteiger partial charge in [0, 0.05) is 6.20 Å². The Hall–Kier alpha value is -2.19. The second-order valence-electron chi connectivity index (χ2n) is 3.25. The van der Waals surface area contributed by atoms with Crippen molar-refractivity contribution in [1.29, 1.82) is 0 Å². The van der Waals surface area contributed by atoms with Gasteiger partial charge < -0.3 is 21.5 Å². The average molecular weight is 250 g/mol. The summed E-state index contributed by atoms with van der Waals surface area (Å²) in [7, 11) is -1.49. The second kappa shape index (κ2) is 6.53. The zero-order valence-corrected chi connectivity index (χ0v) is 9.36. The molecule has 0 saturated carbocycles. The number of hydrogen-bond donors (Lipinski definition) is 4. The summed E-state index contributed by atoms with van der Waals surface area (Å²) in [5.41, 5.74) is 11.0. The molecule has 0 amide bonds. The van der Waals surface area contributed by atoms with Gasteiger partial charge in [-0.3, -0.25) is 0 Å². The Morgan fingerprint density at radius 3 is 2.28 bits per heavy atom. The summed E-state index contributed by atoms with van der Waals surface area (Å²) >= 11 is 0. The largest absolute Gasteiger partial charge is 0.508 e. The Labute approximate surface area is 103 Å². The molecule has 1 heterocycles. The third-order valence-electron chi connectivity index (χ3n) is 1.96. The number of halogens is 1. The zero-order valence-electron chi connectivity index (χ0n) is 9.36. The summed E-state index contributed by atoms with van der Waals surface area (Å²) in [6, 6.07) is 5.77. The molecule has 0 aliphatic heterocycles. The van der Waals surface area contributed by atoms with Crippen LogP contribution >= 0.6 is 0 Å². The van der Waals surface area contributed by atoms with Gasteiger partial charge in [0.1, 0.15) is 12.1 Å². The van der Waals surface area contributed by atoms with E-state index in [0.717, 1.165) is 0 Å². The maximum Gasteiger partial charge on any atom is 0.508 e. The lowest BCUT2D eigenvalue weighted by Crippen LogP contribution is -2.32.